The van der Waals surface area contributed by atoms with Crippen molar-refractivity contribution in [2.45, 2.75) is 24.5 Å². The van der Waals surface area contributed by atoms with Crippen LogP contribution in [0, 0.1) is 5.82 Å². The highest BCUT2D eigenvalue weighted by Crippen LogP contribution is 2.35. The first-order chi connectivity index (χ1) is 18.0. The molecule has 3 aromatic carbocycles. The van der Waals surface area contributed by atoms with Gasteiger partial charge in [-0.1, -0.05) is 72.0 Å². The van der Waals surface area contributed by atoms with Gasteiger partial charge in [0.05, 0.1) is 17.4 Å². The minimum absolute atomic E-state index is 0.117. The SMILES string of the molecule is O=C1[C@@H]2[C@@H](N=NN2CC(=O)N2N=C(c3ccccc3)C[C@H]2c2ccccc2)C(=O)N1c1cccc(F)c1. The molecule has 0 unspecified atom stereocenters. The van der Waals surface area contributed by atoms with Crippen molar-refractivity contribution in [1.29, 1.82) is 0 Å². The van der Waals surface area contributed by atoms with E-state index in [4.69, 9.17) is 0 Å². The summed E-state index contributed by atoms with van der Waals surface area (Å²) in [7, 11) is 0. The summed E-state index contributed by atoms with van der Waals surface area (Å²) >= 11 is 0. The summed E-state index contributed by atoms with van der Waals surface area (Å²) in [6.07, 6.45) is 0.526. The van der Waals surface area contributed by atoms with E-state index >= 15 is 0 Å². The number of anilines is 1. The Morgan fingerprint density at radius 3 is 2.38 bits per heavy atom. The molecule has 3 atom stereocenters. The second kappa shape index (κ2) is 9.05. The number of amides is 3. The van der Waals surface area contributed by atoms with Gasteiger partial charge in [-0.05, 0) is 29.3 Å². The molecule has 6 rings (SSSR count). The normalized spacial score (nSPS) is 22.6. The molecule has 37 heavy (non-hydrogen) atoms. The number of carbonyl (C=O) groups excluding carboxylic acids is 3. The molecule has 0 aliphatic carbocycles. The van der Waals surface area contributed by atoms with Crippen LogP contribution in [0.25, 0.3) is 0 Å². The zero-order chi connectivity index (χ0) is 25.5. The molecule has 0 saturated carbocycles. The van der Waals surface area contributed by atoms with Crippen molar-refractivity contribution in [3.8, 4) is 0 Å². The van der Waals surface area contributed by atoms with E-state index < -0.39 is 29.7 Å². The fourth-order valence-electron chi connectivity index (χ4n) is 4.91. The molecule has 0 bridgehead atoms. The van der Waals surface area contributed by atoms with Gasteiger partial charge in [-0.25, -0.2) is 14.3 Å². The molecule has 0 aromatic heterocycles. The average Bonchev–Trinajstić information content (AvgIpc) is 3.61. The Labute approximate surface area is 211 Å². The van der Waals surface area contributed by atoms with Crippen LogP contribution < -0.4 is 4.90 Å². The van der Waals surface area contributed by atoms with Crippen LogP contribution in [-0.2, 0) is 14.4 Å². The molecular formula is C27H21FN6O3. The van der Waals surface area contributed by atoms with Gasteiger partial charge in [0.2, 0.25) is 0 Å². The fourth-order valence-corrected chi connectivity index (χ4v) is 4.91. The summed E-state index contributed by atoms with van der Waals surface area (Å²) in [6, 6.07) is 22.0. The Balaban J connectivity index is 1.26. The van der Waals surface area contributed by atoms with E-state index in [0.717, 1.165) is 27.8 Å². The maximum atomic E-state index is 13.8. The molecule has 9 nitrogen and oxygen atoms in total. The third-order valence-corrected chi connectivity index (χ3v) is 6.68. The number of rotatable bonds is 5. The van der Waals surface area contributed by atoms with Crippen LogP contribution in [0.3, 0.4) is 0 Å². The highest BCUT2D eigenvalue weighted by molar-refractivity contribution is 6.25. The molecule has 1 fully saturated rings. The summed E-state index contributed by atoms with van der Waals surface area (Å²) in [5.41, 5.74) is 2.73. The van der Waals surface area contributed by atoms with Crippen LogP contribution in [-0.4, -0.2) is 52.1 Å². The van der Waals surface area contributed by atoms with Crippen molar-refractivity contribution in [3.05, 3.63) is 102 Å². The molecular weight excluding hydrogens is 475 g/mol. The molecule has 0 radical (unpaired) electrons. The lowest BCUT2D eigenvalue weighted by atomic mass is 9.98. The van der Waals surface area contributed by atoms with Gasteiger partial charge in [0.15, 0.2) is 12.1 Å². The van der Waals surface area contributed by atoms with Gasteiger partial charge < -0.3 is 0 Å². The van der Waals surface area contributed by atoms with Gasteiger partial charge in [0.25, 0.3) is 17.7 Å². The highest BCUT2D eigenvalue weighted by atomic mass is 19.1. The smallest absolute Gasteiger partial charge is 0.264 e. The van der Waals surface area contributed by atoms with E-state index in [2.05, 4.69) is 15.4 Å². The van der Waals surface area contributed by atoms with Crippen molar-refractivity contribution in [3.63, 3.8) is 0 Å². The maximum absolute atomic E-state index is 13.8. The minimum Gasteiger partial charge on any atom is -0.271 e. The molecule has 0 spiro atoms. The lowest BCUT2D eigenvalue weighted by Gasteiger charge is -2.25. The largest absolute Gasteiger partial charge is 0.271 e. The number of carbonyl (C=O) groups is 3. The van der Waals surface area contributed by atoms with Gasteiger partial charge in [-0.15, -0.1) is 0 Å². The van der Waals surface area contributed by atoms with Crippen LogP contribution in [0.5, 0.6) is 0 Å². The molecule has 1 saturated heterocycles. The standard InChI is InChI=1S/C27H21FN6O3/c28-19-12-7-13-20(14-19)33-26(36)24-25(27(33)37)32(31-29-24)16-23(35)34-22(18-10-5-2-6-11-18)15-21(30-34)17-8-3-1-4-9-17/h1-14,22,24-25H,15-16H2/t22-,24+,25-/m0/s1. The monoisotopic (exact) mass is 496 g/mol. The van der Waals surface area contributed by atoms with Gasteiger partial charge in [-0.3, -0.25) is 19.4 Å². The summed E-state index contributed by atoms with van der Waals surface area (Å²) in [6.45, 7) is -0.296. The second-order valence-corrected chi connectivity index (χ2v) is 8.97. The Hall–Kier alpha value is -4.73. The molecule has 3 aromatic rings. The number of benzene rings is 3. The zero-order valence-electron chi connectivity index (χ0n) is 19.5. The van der Waals surface area contributed by atoms with E-state index in [1.54, 1.807) is 0 Å². The Bertz CT molecular complexity index is 1440. The van der Waals surface area contributed by atoms with Crippen molar-refractivity contribution in [2.24, 2.45) is 15.4 Å². The molecule has 0 N–H and O–H groups in total. The molecule has 184 valence electrons. The van der Waals surface area contributed by atoms with Crippen LogP contribution >= 0.6 is 0 Å². The third-order valence-electron chi connectivity index (χ3n) is 6.68. The van der Waals surface area contributed by atoms with Crippen molar-refractivity contribution in [1.82, 2.24) is 10.0 Å². The molecule has 3 heterocycles. The predicted octanol–water partition coefficient (Wildman–Crippen LogP) is 3.50. The van der Waals surface area contributed by atoms with Crippen LogP contribution in [0.1, 0.15) is 23.6 Å². The van der Waals surface area contributed by atoms with Gasteiger partial charge >= 0.3 is 0 Å². The van der Waals surface area contributed by atoms with Crippen LogP contribution in [0.4, 0.5) is 10.1 Å². The van der Waals surface area contributed by atoms with Crippen molar-refractivity contribution >= 4 is 29.1 Å². The first-order valence-corrected chi connectivity index (χ1v) is 11.8. The quantitative estimate of drug-likeness (QED) is 0.505. The number of hydrogen-bond acceptors (Lipinski definition) is 7. The van der Waals surface area contributed by atoms with Crippen molar-refractivity contribution in [2.75, 3.05) is 11.4 Å². The number of fused-ring (bicyclic) bond motifs is 1. The van der Waals surface area contributed by atoms with Crippen LogP contribution in [0.2, 0.25) is 0 Å². The molecule has 3 amide bonds. The number of hydrazone groups is 1. The third kappa shape index (κ3) is 3.96. The van der Waals surface area contributed by atoms with Gasteiger partial charge in [0, 0.05) is 6.42 Å². The number of hydrogen-bond donors (Lipinski definition) is 0. The summed E-state index contributed by atoms with van der Waals surface area (Å²) in [5, 5.41) is 15.2. The molecule has 3 aliphatic heterocycles. The Kier molecular flexibility index (Phi) is 5.56. The summed E-state index contributed by atoms with van der Waals surface area (Å²) in [5.74, 6) is -2.17. The Morgan fingerprint density at radius 2 is 1.65 bits per heavy atom. The van der Waals surface area contributed by atoms with E-state index in [1.807, 2.05) is 60.7 Å². The molecule has 3 aliphatic rings. The van der Waals surface area contributed by atoms with Crippen molar-refractivity contribution < 1.29 is 18.8 Å². The number of halogens is 1. The van der Waals surface area contributed by atoms with E-state index in [0.29, 0.717) is 6.42 Å². The topological polar surface area (TPSA) is 98.0 Å². The number of imide groups is 1. The van der Waals surface area contributed by atoms with Gasteiger partial charge in [0.1, 0.15) is 12.4 Å². The van der Waals surface area contributed by atoms with E-state index in [1.165, 1.54) is 28.2 Å². The average molecular weight is 497 g/mol. The lowest BCUT2D eigenvalue weighted by Crippen LogP contribution is -2.44. The highest BCUT2D eigenvalue weighted by Gasteiger charge is 2.55. The first-order valence-electron chi connectivity index (χ1n) is 11.8. The van der Waals surface area contributed by atoms with Gasteiger partial charge in [-0.2, -0.15) is 10.2 Å². The summed E-state index contributed by atoms with van der Waals surface area (Å²) < 4.78 is 13.8. The second-order valence-electron chi connectivity index (χ2n) is 8.97. The van der Waals surface area contributed by atoms with Crippen LogP contribution in [0.15, 0.2) is 100 Å². The first kappa shape index (κ1) is 22.7. The van der Waals surface area contributed by atoms with E-state index in [-0.39, 0.29) is 24.2 Å². The summed E-state index contributed by atoms with van der Waals surface area (Å²) in [4.78, 5) is 40.6. The van der Waals surface area contributed by atoms with E-state index in [9.17, 15) is 18.8 Å². The predicted molar refractivity (Wildman–Crippen MR) is 132 cm³/mol. The number of nitrogens with zero attached hydrogens (tertiary/aromatic N) is 6. The molecule has 10 heteroatoms. The lowest BCUT2D eigenvalue weighted by molar-refractivity contribution is -0.135. The minimum atomic E-state index is -1.09. The fraction of sp³-hybridized carbons (Fsp3) is 0.185. The zero-order valence-corrected chi connectivity index (χ0v) is 19.5. The maximum Gasteiger partial charge on any atom is 0.264 e. The Morgan fingerprint density at radius 1 is 0.919 bits per heavy atom.